The highest BCUT2D eigenvalue weighted by atomic mass is 32.2. The van der Waals surface area contributed by atoms with Crippen molar-refractivity contribution in [3.05, 3.63) is 24.3 Å². The van der Waals surface area contributed by atoms with Gasteiger partial charge >= 0.3 is 0 Å². The summed E-state index contributed by atoms with van der Waals surface area (Å²) in [5.74, 6) is 0.832. The van der Waals surface area contributed by atoms with E-state index in [1.165, 1.54) is 12.8 Å². The third-order valence-electron chi connectivity index (χ3n) is 4.14. The Kier molecular flexibility index (Phi) is 5.65. The fraction of sp³-hybridized carbons (Fsp3) is 0.625. The van der Waals surface area contributed by atoms with Crippen molar-refractivity contribution in [2.75, 3.05) is 36.8 Å². The summed E-state index contributed by atoms with van der Waals surface area (Å²) in [6, 6.07) is 7.36. The molecule has 1 aromatic carbocycles. The van der Waals surface area contributed by atoms with Crippen LogP contribution in [-0.4, -0.2) is 40.3 Å². The number of hydrogen-bond acceptors (Lipinski definition) is 4. The van der Waals surface area contributed by atoms with Crippen molar-refractivity contribution in [2.24, 2.45) is 5.92 Å². The molecule has 0 amide bonds. The van der Waals surface area contributed by atoms with Gasteiger partial charge in [-0.1, -0.05) is 13.8 Å². The molecule has 1 heterocycles. The normalized spacial score (nSPS) is 19.7. The van der Waals surface area contributed by atoms with Crippen LogP contribution in [0.4, 0.5) is 5.69 Å². The first-order chi connectivity index (χ1) is 10.1. The summed E-state index contributed by atoms with van der Waals surface area (Å²) in [6.07, 6.45) is 2.47. The first-order valence-corrected chi connectivity index (χ1v) is 9.50. The smallest absolute Gasteiger partial charge is 0.178 e. The molecule has 1 aromatic rings. The molecule has 118 valence electrons. The lowest BCUT2D eigenvalue weighted by atomic mass is 9.97. The molecular weight excluding hydrogens is 284 g/mol. The molecule has 1 aliphatic rings. The van der Waals surface area contributed by atoms with Crippen LogP contribution in [0.3, 0.4) is 0 Å². The molecule has 2 rings (SSSR count). The standard InChI is InChI=1S/C16H26N2O2S/c1-3-17-12-14-6-5-11-18(13-14)15-7-9-16(10-8-15)21(19,20)4-2/h7-10,14,17H,3-6,11-13H2,1-2H3. The van der Waals surface area contributed by atoms with Gasteiger partial charge in [0.05, 0.1) is 10.6 Å². The molecule has 0 bridgehead atoms. The van der Waals surface area contributed by atoms with E-state index in [-0.39, 0.29) is 5.75 Å². The minimum atomic E-state index is -3.10. The molecule has 0 saturated carbocycles. The van der Waals surface area contributed by atoms with E-state index in [0.29, 0.717) is 10.8 Å². The number of benzene rings is 1. The molecule has 4 nitrogen and oxygen atoms in total. The SMILES string of the molecule is CCNCC1CCCN(c2ccc(S(=O)(=O)CC)cc2)C1. The Hall–Kier alpha value is -1.07. The van der Waals surface area contributed by atoms with E-state index in [4.69, 9.17) is 0 Å². The molecule has 1 saturated heterocycles. The summed E-state index contributed by atoms with van der Waals surface area (Å²) in [6.45, 7) is 8.00. The van der Waals surface area contributed by atoms with Crippen LogP contribution in [0, 0.1) is 5.92 Å². The minimum Gasteiger partial charge on any atom is -0.371 e. The molecule has 1 atom stereocenters. The van der Waals surface area contributed by atoms with E-state index in [0.717, 1.165) is 31.9 Å². The highest BCUT2D eigenvalue weighted by molar-refractivity contribution is 7.91. The number of piperidine rings is 1. The highest BCUT2D eigenvalue weighted by Crippen LogP contribution is 2.24. The Balaban J connectivity index is 2.04. The number of nitrogens with zero attached hydrogens (tertiary/aromatic N) is 1. The monoisotopic (exact) mass is 310 g/mol. The molecule has 1 N–H and O–H groups in total. The lowest BCUT2D eigenvalue weighted by Crippen LogP contribution is -2.39. The van der Waals surface area contributed by atoms with Gasteiger partial charge in [-0.05, 0) is 56.1 Å². The zero-order chi connectivity index (χ0) is 15.3. The van der Waals surface area contributed by atoms with E-state index in [1.54, 1.807) is 19.1 Å². The molecule has 1 fully saturated rings. The third-order valence-corrected chi connectivity index (χ3v) is 5.89. The average Bonchev–Trinajstić information content (AvgIpc) is 2.53. The number of anilines is 1. The van der Waals surface area contributed by atoms with E-state index < -0.39 is 9.84 Å². The average molecular weight is 310 g/mol. The number of hydrogen-bond donors (Lipinski definition) is 1. The summed E-state index contributed by atoms with van der Waals surface area (Å²) in [5, 5.41) is 3.42. The summed E-state index contributed by atoms with van der Waals surface area (Å²) < 4.78 is 23.7. The summed E-state index contributed by atoms with van der Waals surface area (Å²) in [4.78, 5) is 2.79. The zero-order valence-electron chi connectivity index (χ0n) is 13.0. The molecule has 0 spiro atoms. The maximum Gasteiger partial charge on any atom is 0.178 e. The van der Waals surface area contributed by atoms with Gasteiger partial charge in [-0.25, -0.2) is 8.42 Å². The molecule has 1 aliphatic heterocycles. The van der Waals surface area contributed by atoms with Crippen LogP contribution in [-0.2, 0) is 9.84 Å². The first kappa shape index (κ1) is 16.3. The largest absolute Gasteiger partial charge is 0.371 e. The Bertz CT molecular complexity index is 540. The van der Waals surface area contributed by atoms with Crippen LogP contribution in [0.15, 0.2) is 29.2 Å². The molecule has 0 aliphatic carbocycles. The second kappa shape index (κ2) is 7.27. The van der Waals surface area contributed by atoms with Crippen LogP contribution in [0.5, 0.6) is 0 Å². The van der Waals surface area contributed by atoms with E-state index in [2.05, 4.69) is 17.1 Å². The zero-order valence-corrected chi connectivity index (χ0v) is 13.8. The predicted molar refractivity (Wildman–Crippen MR) is 87.6 cm³/mol. The maximum absolute atomic E-state index is 11.8. The predicted octanol–water partition coefficient (Wildman–Crippen LogP) is 2.31. The quantitative estimate of drug-likeness (QED) is 0.876. The lowest BCUT2D eigenvalue weighted by Gasteiger charge is -2.34. The van der Waals surface area contributed by atoms with Gasteiger partial charge in [-0.3, -0.25) is 0 Å². The topological polar surface area (TPSA) is 49.4 Å². The van der Waals surface area contributed by atoms with Crippen LogP contribution < -0.4 is 10.2 Å². The van der Waals surface area contributed by atoms with Crippen molar-refractivity contribution < 1.29 is 8.42 Å². The van der Waals surface area contributed by atoms with Gasteiger partial charge in [0.2, 0.25) is 0 Å². The van der Waals surface area contributed by atoms with Crippen molar-refractivity contribution in [3.8, 4) is 0 Å². The van der Waals surface area contributed by atoms with E-state index in [9.17, 15) is 8.42 Å². The third kappa shape index (κ3) is 4.20. The van der Waals surface area contributed by atoms with Crippen LogP contribution in [0.2, 0.25) is 0 Å². The number of nitrogens with one attached hydrogen (secondary N) is 1. The fourth-order valence-electron chi connectivity index (χ4n) is 2.85. The number of sulfone groups is 1. The molecule has 5 heteroatoms. The molecular formula is C16H26N2O2S. The Morgan fingerprint density at radius 1 is 1.24 bits per heavy atom. The fourth-order valence-corrected chi connectivity index (χ4v) is 3.73. The molecule has 21 heavy (non-hydrogen) atoms. The van der Waals surface area contributed by atoms with E-state index in [1.807, 2.05) is 12.1 Å². The molecule has 1 unspecified atom stereocenters. The van der Waals surface area contributed by atoms with Gasteiger partial charge in [0, 0.05) is 18.8 Å². The highest BCUT2D eigenvalue weighted by Gasteiger charge is 2.20. The van der Waals surface area contributed by atoms with Crippen LogP contribution >= 0.6 is 0 Å². The molecule has 0 aromatic heterocycles. The Morgan fingerprint density at radius 3 is 2.57 bits per heavy atom. The van der Waals surface area contributed by atoms with Gasteiger partial charge < -0.3 is 10.2 Å². The van der Waals surface area contributed by atoms with Crippen molar-refractivity contribution >= 4 is 15.5 Å². The molecule has 0 radical (unpaired) electrons. The summed E-state index contributed by atoms with van der Waals surface area (Å²) >= 11 is 0. The van der Waals surface area contributed by atoms with E-state index >= 15 is 0 Å². The number of rotatable bonds is 6. The lowest BCUT2D eigenvalue weighted by molar-refractivity contribution is 0.395. The van der Waals surface area contributed by atoms with Gasteiger partial charge in [0.1, 0.15) is 0 Å². The van der Waals surface area contributed by atoms with Crippen LogP contribution in [0.25, 0.3) is 0 Å². The van der Waals surface area contributed by atoms with Crippen molar-refractivity contribution in [3.63, 3.8) is 0 Å². The van der Waals surface area contributed by atoms with Crippen molar-refractivity contribution in [1.82, 2.24) is 5.32 Å². The van der Waals surface area contributed by atoms with Gasteiger partial charge in [0.15, 0.2) is 9.84 Å². The second-order valence-corrected chi connectivity index (χ2v) is 7.94. The maximum atomic E-state index is 11.8. The minimum absolute atomic E-state index is 0.154. The van der Waals surface area contributed by atoms with Crippen molar-refractivity contribution in [1.29, 1.82) is 0 Å². The van der Waals surface area contributed by atoms with Crippen molar-refractivity contribution in [2.45, 2.75) is 31.6 Å². The van der Waals surface area contributed by atoms with Crippen LogP contribution in [0.1, 0.15) is 26.7 Å². The second-order valence-electron chi connectivity index (χ2n) is 5.66. The first-order valence-electron chi connectivity index (χ1n) is 7.85. The Morgan fingerprint density at radius 2 is 1.95 bits per heavy atom. The summed E-state index contributed by atoms with van der Waals surface area (Å²) in [7, 11) is -3.10. The van der Waals surface area contributed by atoms with Gasteiger partial charge in [-0.2, -0.15) is 0 Å². The Labute approximate surface area is 128 Å². The summed E-state index contributed by atoms with van der Waals surface area (Å²) in [5.41, 5.74) is 1.13. The van der Waals surface area contributed by atoms with Gasteiger partial charge in [0.25, 0.3) is 0 Å². The van der Waals surface area contributed by atoms with Gasteiger partial charge in [-0.15, -0.1) is 0 Å².